The molecule has 0 spiro atoms. The van der Waals surface area contributed by atoms with E-state index >= 15 is 0 Å². The average molecular weight is 158 g/mol. The van der Waals surface area contributed by atoms with Gasteiger partial charge in [0.2, 0.25) is 0 Å². The highest BCUT2D eigenvalue weighted by Gasteiger charge is 1.94. The summed E-state index contributed by atoms with van der Waals surface area (Å²) in [6.45, 7) is 10.5. The maximum atomic E-state index is 10.5. The zero-order valence-electron chi connectivity index (χ0n) is 7.56. The molecule has 0 amide bonds. The van der Waals surface area contributed by atoms with Gasteiger partial charge in [0.1, 0.15) is 0 Å². The summed E-state index contributed by atoms with van der Waals surface area (Å²) in [5, 5.41) is 0. The molecule has 0 aliphatic rings. The summed E-state index contributed by atoms with van der Waals surface area (Å²) in [5.41, 5.74) is 0. The Morgan fingerprint density at radius 2 is 1.91 bits per heavy atom. The fraction of sp³-hybridized carbons (Fsp3) is 0.667. The Morgan fingerprint density at radius 3 is 2.27 bits per heavy atom. The first kappa shape index (κ1) is 12.8. The van der Waals surface area contributed by atoms with E-state index in [-0.39, 0.29) is 5.97 Å². The van der Waals surface area contributed by atoms with Gasteiger partial charge in [-0.15, -0.1) is 13.2 Å². The highest BCUT2D eigenvalue weighted by Crippen LogP contribution is 1.90. The van der Waals surface area contributed by atoms with E-state index in [0.717, 1.165) is 12.8 Å². The van der Waals surface area contributed by atoms with Crippen molar-refractivity contribution in [1.82, 2.24) is 0 Å². The van der Waals surface area contributed by atoms with E-state index in [1.165, 1.54) is 0 Å². The summed E-state index contributed by atoms with van der Waals surface area (Å²) < 4.78 is 4.79. The number of carbonyl (C=O) groups excluding carboxylic acids is 1. The molecular formula is C9H18O2. The first-order valence-electron chi connectivity index (χ1n) is 3.96. The lowest BCUT2D eigenvalue weighted by atomic mass is 10.4. The van der Waals surface area contributed by atoms with Crippen molar-refractivity contribution >= 4 is 5.97 Å². The van der Waals surface area contributed by atoms with Crippen LogP contribution < -0.4 is 0 Å². The van der Waals surface area contributed by atoms with Crippen LogP contribution in [0, 0.1) is 0 Å². The van der Waals surface area contributed by atoms with E-state index in [2.05, 4.69) is 20.1 Å². The van der Waals surface area contributed by atoms with Crippen LogP contribution in [0.2, 0.25) is 0 Å². The largest absolute Gasteiger partial charge is 0.466 e. The molecule has 0 radical (unpaired) electrons. The Kier molecular flexibility index (Phi) is 13.9. The molecule has 2 heteroatoms. The molecule has 11 heavy (non-hydrogen) atoms. The molecule has 0 aromatic rings. The summed E-state index contributed by atoms with van der Waals surface area (Å²) in [7, 11) is 0. The fourth-order valence-electron chi connectivity index (χ4n) is 0.432. The molecule has 0 bridgehead atoms. The van der Waals surface area contributed by atoms with Crippen LogP contribution in [-0.2, 0) is 9.53 Å². The highest BCUT2D eigenvalue weighted by atomic mass is 16.5. The van der Waals surface area contributed by atoms with Gasteiger partial charge in [-0.2, -0.15) is 0 Å². The van der Waals surface area contributed by atoms with Crippen molar-refractivity contribution in [2.75, 3.05) is 6.61 Å². The van der Waals surface area contributed by atoms with E-state index in [4.69, 9.17) is 4.74 Å². The van der Waals surface area contributed by atoms with Crippen LogP contribution in [0.1, 0.15) is 33.1 Å². The Hall–Kier alpha value is -0.790. The van der Waals surface area contributed by atoms with E-state index < -0.39 is 0 Å². The van der Waals surface area contributed by atoms with E-state index in [0.29, 0.717) is 13.0 Å². The standard InChI is InChI=1S/C7H14O2.C2H4/c1-3-5-6-9-7(8)4-2;1-2/h3-6H2,1-2H3;1-2H2. The van der Waals surface area contributed by atoms with Gasteiger partial charge in [0.25, 0.3) is 0 Å². The van der Waals surface area contributed by atoms with Gasteiger partial charge < -0.3 is 4.74 Å². The lowest BCUT2D eigenvalue weighted by molar-refractivity contribution is -0.143. The summed E-state index contributed by atoms with van der Waals surface area (Å²) >= 11 is 0. The predicted octanol–water partition coefficient (Wildman–Crippen LogP) is 2.54. The number of unbranched alkanes of at least 4 members (excludes halogenated alkanes) is 1. The quantitative estimate of drug-likeness (QED) is 0.357. The van der Waals surface area contributed by atoms with E-state index in [1.54, 1.807) is 6.92 Å². The Bertz CT molecular complexity index is 89.6. The zero-order valence-corrected chi connectivity index (χ0v) is 7.56. The number of ether oxygens (including phenoxy) is 1. The van der Waals surface area contributed by atoms with Crippen LogP contribution in [0.25, 0.3) is 0 Å². The monoisotopic (exact) mass is 158 g/mol. The molecule has 0 heterocycles. The van der Waals surface area contributed by atoms with E-state index in [1.807, 2.05) is 0 Å². The number of rotatable bonds is 4. The Morgan fingerprint density at radius 1 is 1.36 bits per heavy atom. The maximum Gasteiger partial charge on any atom is 0.305 e. The van der Waals surface area contributed by atoms with Gasteiger partial charge in [0, 0.05) is 6.42 Å². The molecule has 0 aromatic heterocycles. The third kappa shape index (κ3) is 12.4. The molecule has 66 valence electrons. The molecule has 2 nitrogen and oxygen atoms in total. The van der Waals surface area contributed by atoms with Gasteiger partial charge in [0.15, 0.2) is 0 Å². The summed E-state index contributed by atoms with van der Waals surface area (Å²) in [6, 6.07) is 0. The average Bonchev–Trinajstić information content (AvgIpc) is 2.08. The predicted molar refractivity (Wildman–Crippen MR) is 47.4 cm³/mol. The van der Waals surface area contributed by atoms with Crippen molar-refractivity contribution in [3.05, 3.63) is 13.2 Å². The highest BCUT2D eigenvalue weighted by molar-refractivity contribution is 5.68. The van der Waals surface area contributed by atoms with Crippen molar-refractivity contribution in [2.45, 2.75) is 33.1 Å². The smallest absolute Gasteiger partial charge is 0.305 e. The first-order chi connectivity index (χ1) is 5.31. The Labute approximate surface area is 69.3 Å². The normalized spacial score (nSPS) is 7.82. The molecule has 0 aliphatic heterocycles. The lowest BCUT2D eigenvalue weighted by Crippen LogP contribution is -2.02. The van der Waals surface area contributed by atoms with Crippen LogP contribution in [0.3, 0.4) is 0 Å². The van der Waals surface area contributed by atoms with E-state index in [9.17, 15) is 4.79 Å². The first-order valence-corrected chi connectivity index (χ1v) is 3.96. The van der Waals surface area contributed by atoms with Crippen molar-refractivity contribution < 1.29 is 9.53 Å². The number of esters is 1. The molecule has 0 aromatic carbocycles. The molecular weight excluding hydrogens is 140 g/mol. The lowest BCUT2D eigenvalue weighted by Gasteiger charge is -1.99. The Balaban J connectivity index is 0. The zero-order chi connectivity index (χ0) is 9.11. The third-order valence-electron chi connectivity index (χ3n) is 1.05. The number of carbonyl (C=O) groups is 1. The molecule has 0 N–H and O–H groups in total. The SMILES string of the molecule is C=C.CCCCOC(=O)CC. The van der Waals surface area contributed by atoms with Gasteiger partial charge >= 0.3 is 5.97 Å². The third-order valence-corrected chi connectivity index (χ3v) is 1.05. The second kappa shape index (κ2) is 11.9. The van der Waals surface area contributed by atoms with Crippen LogP contribution in [0.15, 0.2) is 13.2 Å². The van der Waals surface area contributed by atoms with Crippen LogP contribution in [0.4, 0.5) is 0 Å². The molecule has 0 fully saturated rings. The summed E-state index contributed by atoms with van der Waals surface area (Å²) in [6.07, 6.45) is 2.55. The molecule has 0 rings (SSSR count). The van der Waals surface area contributed by atoms with Gasteiger partial charge in [-0.05, 0) is 6.42 Å². The van der Waals surface area contributed by atoms with Gasteiger partial charge in [-0.3, -0.25) is 4.79 Å². The van der Waals surface area contributed by atoms with Crippen molar-refractivity contribution in [3.8, 4) is 0 Å². The minimum Gasteiger partial charge on any atom is -0.466 e. The summed E-state index contributed by atoms with van der Waals surface area (Å²) in [4.78, 5) is 10.5. The summed E-state index contributed by atoms with van der Waals surface area (Å²) in [5.74, 6) is -0.0940. The van der Waals surface area contributed by atoms with Crippen molar-refractivity contribution in [3.63, 3.8) is 0 Å². The second-order valence-electron chi connectivity index (χ2n) is 1.93. The maximum absolute atomic E-state index is 10.5. The van der Waals surface area contributed by atoms with Gasteiger partial charge in [-0.1, -0.05) is 20.3 Å². The van der Waals surface area contributed by atoms with Crippen LogP contribution in [-0.4, -0.2) is 12.6 Å². The minimum absolute atomic E-state index is 0.0940. The van der Waals surface area contributed by atoms with Crippen molar-refractivity contribution in [2.24, 2.45) is 0 Å². The molecule has 0 saturated heterocycles. The van der Waals surface area contributed by atoms with Gasteiger partial charge in [-0.25, -0.2) is 0 Å². The fourth-order valence-corrected chi connectivity index (χ4v) is 0.432. The molecule has 0 unspecified atom stereocenters. The molecule has 0 saturated carbocycles. The van der Waals surface area contributed by atoms with Crippen molar-refractivity contribution in [1.29, 1.82) is 0 Å². The van der Waals surface area contributed by atoms with Gasteiger partial charge in [0.05, 0.1) is 6.61 Å². The second-order valence-corrected chi connectivity index (χ2v) is 1.93. The van der Waals surface area contributed by atoms with Crippen LogP contribution in [0.5, 0.6) is 0 Å². The number of hydrogen-bond donors (Lipinski definition) is 0. The topological polar surface area (TPSA) is 26.3 Å². The molecule has 0 atom stereocenters. The van der Waals surface area contributed by atoms with Crippen LogP contribution >= 0.6 is 0 Å². The molecule has 0 aliphatic carbocycles. The number of hydrogen-bond acceptors (Lipinski definition) is 2. The minimum atomic E-state index is -0.0940.